The second-order valence-corrected chi connectivity index (χ2v) is 3.96. The van der Waals surface area contributed by atoms with Crippen molar-refractivity contribution in [3.63, 3.8) is 0 Å². The van der Waals surface area contributed by atoms with Crippen LogP contribution in [0.15, 0.2) is 30.5 Å². The Kier molecular flexibility index (Phi) is 2.64. The van der Waals surface area contributed by atoms with Crippen molar-refractivity contribution in [1.29, 1.82) is 0 Å². The molecule has 0 fully saturated rings. The van der Waals surface area contributed by atoms with Crippen molar-refractivity contribution in [1.82, 2.24) is 10.2 Å². The highest BCUT2D eigenvalue weighted by Crippen LogP contribution is 2.23. The second kappa shape index (κ2) is 3.95. The van der Waals surface area contributed by atoms with Gasteiger partial charge in [-0.25, -0.2) is 0 Å². The third-order valence-corrected chi connectivity index (χ3v) is 2.82. The van der Waals surface area contributed by atoms with Gasteiger partial charge in [0, 0.05) is 22.7 Å². The monoisotopic (exact) mass is 201 g/mol. The Morgan fingerprint density at radius 2 is 1.93 bits per heavy atom. The lowest BCUT2D eigenvalue weighted by atomic mass is 9.96. The van der Waals surface area contributed by atoms with E-state index in [2.05, 4.69) is 23.2 Å². The molecule has 2 atom stereocenters. The van der Waals surface area contributed by atoms with Crippen LogP contribution in [0, 0.1) is 0 Å². The molecule has 0 amide bonds. The molecule has 0 saturated heterocycles. The Labute approximate surface area is 89.3 Å². The fraction of sp³-hybridized carbons (Fsp3) is 0.333. The SMILES string of the molecule is CC(N)C(C)c1nncc2ccccc12. The zero-order valence-corrected chi connectivity index (χ0v) is 9.01. The van der Waals surface area contributed by atoms with Crippen LogP contribution in [-0.2, 0) is 0 Å². The van der Waals surface area contributed by atoms with Crippen molar-refractivity contribution >= 4 is 10.8 Å². The Morgan fingerprint density at radius 1 is 1.20 bits per heavy atom. The molecule has 3 heteroatoms. The summed E-state index contributed by atoms with van der Waals surface area (Å²) in [5.74, 6) is 0.226. The lowest BCUT2D eigenvalue weighted by Gasteiger charge is -2.15. The summed E-state index contributed by atoms with van der Waals surface area (Å²) in [6, 6.07) is 8.22. The molecule has 78 valence electrons. The molecule has 1 heterocycles. The largest absolute Gasteiger partial charge is 0.327 e. The number of nitrogens with zero attached hydrogens (tertiary/aromatic N) is 2. The van der Waals surface area contributed by atoms with Crippen LogP contribution in [0.5, 0.6) is 0 Å². The summed E-state index contributed by atoms with van der Waals surface area (Å²) in [7, 11) is 0. The number of nitrogens with two attached hydrogens (primary N) is 1. The van der Waals surface area contributed by atoms with Gasteiger partial charge in [0.2, 0.25) is 0 Å². The molecule has 1 aromatic carbocycles. The number of rotatable bonds is 2. The first kappa shape index (κ1) is 10.1. The molecule has 0 aliphatic rings. The van der Waals surface area contributed by atoms with Crippen LogP contribution in [-0.4, -0.2) is 16.2 Å². The van der Waals surface area contributed by atoms with Gasteiger partial charge in [-0.2, -0.15) is 10.2 Å². The van der Waals surface area contributed by atoms with Crippen LogP contribution in [0.3, 0.4) is 0 Å². The molecule has 1 aromatic heterocycles. The Bertz CT molecular complexity index is 460. The maximum absolute atomic E-state index is 5.89. The highest BCUT2D eigenvalue weighted by Gasteiger charge is 2.15. The smallest absolute Gasteiger partial charge is 0.0752 e. The van der Waals surface area contributed by atoms with Gasteiger partial charge < -0.3 is 5.73 Å². The molecule has 0 bridgehead atoms. The summed E-state index contributed by atoms with van der Waals surface area (Å²) < 4.78 is 0. The third-order valence-electron chi connectivity index (χ3n) is 2.82. The second-order valence-electron chi connectivity index (χ2n) is 3.96. The third kappa shape index (κ3) is 1.83. The first-order valence-corrected chi connectivity index (χ1v) is 5.16. The van der Waals surface area contributed by atoms with E-state index in [4.69, 9.17) is 5.73 Å². The minimum absolute atomic E-state index is 0.0881. The van der Waals surface area contributed by atoms with Crippen molar-refractivity contribution in [2.45, 2.75) is 25.8 Å². The van der Waals surface area contributed by atoms with E-state index in [1.54, 1.807) is 6.20 Å². The summed E-state index contributed by atoms with van der Waals surface area (Å²) >= 11 is 0. The standard InChI is InChI=1S/C12H15N3/c1-8(9(2)13)12-11-6-4-3-5-10(11)7-14-15-12/h3-9H,13H2,1-2H3. The Balaban J connectivity index is 2.60. The molecule has 0 aliphatic carbocycles. The number of hydrogen-bond acceptors (Lipinski definition) is 3. The molecule has 15 heavy (non-hydrogen) atoms. The van der Waals surface area contributed by atoms with Gasteiger partial charge in [0.1, 0.15) is 0 Å². The highest BCUT2D eigenvalue weighted by molar-refractivity contribution is 5.83. The van der Waals surface area contributed by atoms with Crippen LogP contribution in [0.4, 0.5) is 0 Å². The van der Waals surface area contributed by atoms with Gasteiger partial charge in [-0.3, -0.25) is 0 Å². The first-order chi connectivity index (χ1) is 7.20. The van der Waals surface area contributed by atoms with Crippen LogP contribution in [0.1, 0.15) is 25.5 Å². The lowest BCUT2D eigenvalue weighted by Crippen LogP contribution is -2.23. The molecule has 0 aliphatic heterocycles. The topological polar surface area (TPSA) is 51.8 Å². The van der Waals surface area contributed by atoms with E-state index < -0.39 is 0 Å². The van der Waals surface area contributed by atoms with Crippen molar-refractivity contribution in [3.8, 4) is 0 Å². The molecule has 2 rings (SSSR count). The lowest BCUT2D eigenvalue weighted by molar-refractivity contribution is 0.595. The molecule has 2 N–H and O–H groups in total. The minimum Gasteiger partial charge on any atom is -0.327 e. The number of aromatic nitrogens is 2. The van der Waals surface area contributed by atoms with Crippen LogP contribution in [0.25, 0.3) is 10.8 Å². The molecular formula is C12H15N3. The van der Waals surface area contributed by atoms with Crippen molar-refractivity contribution in [2.24, 2.45) is 5.73 Å². The molecule has 0 saturated carbocycles. The van der Waals surface area contributed by atoms with Gasteiger partial charge in [-0.15, -0.1) is 0 Å². The fourth-order valence-corrected chi connectivity index (χ4v) is 1.64. The van der Waals surface area contributed by atoms with E-state index in [1.807, 2.05) is 25.1 Å². The number of hydrogen-bond donors (Lipinski definition) is 1. The fourth-order valence-electron chi connectivity index (χ4n) is 1.64. The van der Waals surface area contributed by atoms with E-state index in [1.165, 1.54) is 0 Å². The van der Waals surface area contributed by atoms with Crippen molar-refractivity contribution in [2.75, 3.05) is 0 Å². The molecular weight excluding hydrogens is 186 g/mol. The van der Waals surface area contributed by atoms with Gasteiger partial charge in [-0.1, -0.05) is 31.2 Å². The predicted molar refractivity (Wildman–Crippen MR) is 61.6 cm³/mol. The van der Waals surface area contributed by atoms with E-state index in [-0.39, 0.29) is 12.0 Å². The highest BCUT2D eigenvalue weighted by atomic mass is 15.1. The maximum atomic E-state index is 5.89. The molecule has 0 radical (unpaired) electrons. The predicted octanol–water partition coefficient (Wildman–Crippen LogP) is 2.08. The quantitative estimate of drug-likeness (QED) is 0.809. The Morgan fingerprint density at radius 3 is 2.67 bits per heavy atom. The van der Waals surface area contributed by atoms with Crippen LogP contribution in [0.2, 0.25) is 0 Å². The van der Waals surface area contributed by atoms with Gasteiger partial charge in [0.05, 0.1) is 11.9 Å². The van der Waals surface area contributed by atoms with Crippen LogP contribution >= 0.6 is 0 Å². The zero-order chi connectivity index (χ0) is 10.8. The van der Waals surface area contributed by atoms with E-state index >= 15 is 0 Å². The summed E-state index contributed by atoms with van der Waals surface area (Å²) in [6.07, 6.45) is 1.78. The van der Waals surface area contributed by atoms with Gasteiger partial charge in [-0.05, 0) is 6.92 Å². The van der Waals surface area contributed by atoms with E-state index in [0.29, 0.717) is 0 Å². The summed E-state index contributed by atoms with van der Waals surface area (Å²) in [5.41, 5.74) is 6.88. The normalized spacial score (nSPS) is 15.1. The van der Waals surface area contributed by atoms with Crippen molar-refractivity contribution in [3.05, 3.63) is 36.2 Å². The average Bonchev–Trinajstić information content (AvgIpc) is 2.27. The number of benzene rings is 1. The summed E-state index contributed by atoms with van der Waals surface area (Å²) in [5, 5.41) is 10.5. The van der Waals surface area contributed by atoms with Gasteiger partial charge in [0.25, 0.3) is 0 Å². The zero-order valence-electron chi connectivity index (χ0n) is 9.01. The summed E-state index contributed by atoms with van der Waals surface area (Å²) in [4.78, 5) is 0. The van der Waals surface area contributed by atoms with Gasteiger partial charge in [0.15, 0.2) is 0 Å². The molecule has 2 aromatic rings. The Hall–Kier alpha value is -1.48. The van der Waals surface area contributed by atoms with Crippen LogP contribution < -0.4 is 5.73 Å². The molecule has 3 nitrogen and oxygen atoms in total. The van der Waals surface area contributed by atoms with Gasteiger partial charge >= 0.3 is 0 Å². The van der Waals surface area contributed by atoms with E-state index in [9.17, 15) is 0 Å². The van der Waals surface area contributed by atoms with E-state index in [0.717, 1.165) is 16.5 Å². The first-order valence-electron chi connectivity index (χ1n) is 5.16. The maximum Gasteiger partial charge on any atom is 0.0752 e. The minimum atomic E-state index is 0.0881. The van der Waals surface area contributed by atoms with Crippen molar-refractivity contribution < 1.29 is 0 Å². The molecule has 2 unspecified atom stereocenters. The number of fused-ring (bicyclic) bond motifs is 1. The summed E-state index contributed by atoms with van der Waals surface area (Å²) in [6.45, 7) is 4.08. The molecule has 0 spiro atoms. The average molecular weight is 201 g/mol.